The Bertz CT molecular complexity index is 675. The number of carbonyl (C=O) groups excluding carboxylic acids is 1. The van der Waals surface area contributed by atoms with Gasteiger partial charge in [-0.25, -0.2) is 4.98 Å². The van der Waals surface area contributed by atoms with Crippen LogP contribution in [0.3, 0.4) is 0 Å². The van der Waals surface area contributed by atoms with Crippen molar-refractivity contribution in [3.05, 3.63) is 59.8 Å². The van der Waals surface area contributed by atoms with E-state index in [9.17, 15) is 9.90 Å². The molecule has 120 valence electrons. The molecule has 2 atom stereocenters. The summed E-state index contributed by atoms with van der Waals surface area (Å²) in [6.07, 6.45) is 1.84. The first-order chi connectivity index (χ1) is 11.1. The molecule has 2 aromatic rings. The third-order valence-electron chi connectivity index (χ3n) is 4.22. The van der Waals surface area contributed by atoms with Crippen LogP contribution in [0.5, 0.6) is 0 Å². The zero-order valence-electron chi connectivity index (χ0n) is 13.1. The zero-order valence-corrected chi connectivity index (χ0v) is 13.1. The molecule has 5 heteroatoms. The van der Waals surface area contributed by atoms with Crippen molar-refractivity contribution in [3.63, 3.8) is 0 Å². The molecule has 0 spiro atoms. The standard InChI is InChI=1S/C18H21N3O2/c1-13-6-5-10-19-17(13)21-11-9-15(16(22)12-21)20-18(23)14-7-3-2-4-8-14/h2-8,10,15-16,22H,9,11-12H2,1H3,(H,20,23)/t15-,16-/m0/s1. The van der Waals surface area contributed by atoms with Gasteiger partial charge in [0.05, 0.1) is 12.1 Å². The number of anilines is 1. The fourth-order valence-corrected chi connectivity index (χ4v) is 2.94. The summed E-state index contributed by atoms with van der Waals surface area (Å²) in [7, 11) is 0. The molecule has 0 unspecified atom stereocenters. The molecular weight excluding hydrogens is 290 g/mol. The Morgan fingerprint density at radius 1 is 1.26 bits per heavy atom. The summed E-state index contributed by atoms with van der Waals surface area (Å²) < 4.78 is 0. The van der Waals surface area contributed by atoms with E-state index in [1.165, 1.54) is 0 Å². The molecule has 1 amide bonds. The number of piperidine rings is 1. The third-order valence-corrected chi connectivity index (χ3v) is 4.22. The molecule has 1 saturated heterocycles. The highest BCUT2D eigenvalue weighted by Crippen LogP contribution is 2.21. The quantitative estimate of drug-likeness (QED) is 0.906. The number of carbonyl (C=O) groups is 1. The van der Waals surface area contributed by atoms with Crippen LogP contribution in [0, 0.1) is 6.92 Å². The minimum absolute atomic E-state index is 0.142. The summed E-state index contributed by atoms with van der Waals surface area (Å²) in [5.41, 5.74) is 1.70. The lowest BCUT2D eigenvalue weighted by Crippen LogP contribution is -2.54. The molecule has 23 heavy (non-hydrogen) atoms. The maximum absolute atomic E-state index is 12.2. The highest BCUT2D eigenvalue weighted by atomic mass is 16.3. The van der Waals surface area contributed by atoms with Crippen molar-refractivity contribution in [2.45, 2.75) is 25.5 Å². The molecule has 1 aliphatic heterocycles. The number of pyridine rings is 1. The van der Waals surface area contributed by atoms with Gasteiger partial charge in [0.15, 0.2) is 0 Å². The molecule has 5 nitrogen and oxygen atoms in total. The number of nitrogens with zero attached hydrogens (tertiary/aromatic N) is 2. The van der Waals surface area contributed by atoms with Crippen LogP contribution in [0.25, 0.3) is 0 Å². The number of nitrogens with one attached hydrogen (secondary N) is 1. The van der Waals surface area contributed by atoms with E-state index in [0.717, 1.165) is 17.9 Å². The zero-order chi connectivity index (χ0) is 16.2. The van der Waals surface area contributed by atoms with Crippen molar-refractivity contribution >= 4 is 11.7 Å². The number of aliphatic hydroxyl groups is 1. The van der Waals surface area contributed by atoms with Crippen molar-refractivity contribution < 1.29 is 9.90 Å². The van der Waals surface area contributed by atoms with Crippen molar-refractivity contribution in [3.8, 4) is 0 Å². The van der Waals surface area contributed by atoms with Gasteiger partial charge in [0.2, 0.25) is 0 Å². The lowest BCUT2D eigenvalue weighted by molar-refractivity contribution is 0.0797. The Labute approximate surface area is 136 Å². The number of hydrogen-bond acceptors (Lipinski definition) is 4. The smallest absolute Gasteiger partial charge is 0.251 e. The lowest BCUT2D eigenvalue weighted by Gasteiger charge is -2.37. The Balaban J connectivity index is 1.63. The van der Waals surface area contributed by atoms with Gasteiger partial charge in [-0.15, -0.1) is 0 Å². The highest BCUT2D eigenvalue weighted by Gasteiger charge is 2.30. The number of amides is 1. The van der Waals surface area contributed by atoms with Gasteiger partial charge in [-0.05, 0) is 37.1 Å². The van der Waals surface area contributed by atoms with Crippen LogP contribution >= 0.6 is 0 Å². The molecule has 3 rings (SSSR count). The van der Waals surface area contributed by atoms with Crippen molar-refractivity contribution in [2.75, 3.05) is 18.0 Å². The normalized spacial score (nSPS) is 21.0. The first kappa shape index (κ1) is 15.5. The first-order valence-electron chi connectivity index (χ1n) is 7.85. The molecule has 0 saturated carbocycles. The van der Waals surface area contributed by atoms with Crippen LogP contribution in [0.4, 0.5) is 5.82 Å². The van der Waals surface area contributed by atoms with E-state index >= 15 is 0 Å². The number of rotatable bonds is 3. The summed E-state index contributed by atoms with van der Waals surface area (Å²) in [5, 5.41) is 13.3. The largest absolute Gasteiger partial charge is 0.389 e. The van der Waals surface area contributed by atoms with E-state index in [0.29, 0.717) is 18.5 Å². The SMILES string of the molecule is Cc1cccnc1N1CC[C@H](NC(=O)c2ccccc2)[C@@H](O)C1. The van der Waals surface area contributed by atoms with Gasteiger partial charge in [0.25, 0.3) is 5.91 Å². The molecule has 2 heterocycles. The minimum Gasteiger partial charge on any atom is -0.389 e. The average molecular weight is 311 g/mol. The van der Waals surface area contributed by atoms with E-state index in [1.807, 2.05) is 37.3 Å². The maximum atomic E-state index is 12.2. The molecular formula is C18H21N3O2. The Hall–Kier alpha value is -2.40. The fourth-order valence-electron chi connectivity index (χ4n) is 2.94. The second kappa shape index (κ2) is 6.79. The van der Waals surface area contributed by atoms with E-state index in [4.69, 9.17) is 0 Å². The summed E-state index contributed by atoms with van der Waals surface area (Å²) in [4.78, 5) is 18.7. The maximum Gasteiger partial charge on any atom is 0.251 e. The number of aryl methyl sites for hydroxylation is 1. The summed E-state index contributed by atoms with van der Waals surface area (Å²) in [6.45, 7) is 3.24. The van der Waals surface area contributed by atoms with Crippen molar-refractivity contribution in [1.29, 1.82) is 0 Å². The van der Waals surface area contributed by atoms with Crippen LogP contribution < -0.4 is 10.2 Å². The molecule has 1 aliphatic rings. The van der Waals surface area contributed by atoms with Crippen LogP contribution in [0.1, 0.15) is 22.3 Å². The molecule has 2 N–H and O–H groups in total. The van der Waals surface area contributed by atoms with Gasteiger partial charge in [-0.2, -0.15) is 0 Å². The van der Waals surface area contributed by atoms with Crippen LogP contribution in [0.2, 0.25) is 0 Å². The Kier molecular flexibility index (Phi) is 4.57. The van der Waals surface area contributed by atoms with Crippen molar-refractivity contribution in [2.24, 2.45) is 0 Å². The number of benzene rings is 1. The highest BCUT2D eigenvalue weighted by molar-refractivity contribution is 5.94. The second-order valence-corrected chi connectivity index (χ2v) is 5.89. The molecule has 1 aromatic heterocycles. The summed E-state index contributed by atoms with van der Waals surface area (Å²) in [5.74, 6) is 0.761. The number of aliphatic hydroxyl groups excluding tert-OH is 1. The fraction of sp³-hybridized carbons (Fsp3) is 0.333. The number of β-amino-alcohol motifs (C(OH)–C–C–N with tert-alkyl or cyclic N) is 1. The van der Waals surface area contributed by atoms with Gasteiger partial charge in [-0.1, -0.05) is 24.3 Å². The van der Waals surface area contributed by atoms with Gasteiger partial charge in [-0.3, -0.25) is 4.79 Å². The molecule has 1 fully saturated rings. The Morgan fingerprint density at radius 3 is 2.74 bits per heavy atom. The first-order valence-corrected chi connectivity index (χ1v) is 7.85. The van der Waals surface area contributed by atoms with Gasteiger partial charge in [0, 0.05) is 24.8 Å². The molecule has 0 radical (unpaired) electrons. The third kappa shape index (κ3) is 3.51. The van der Waals surface area contributed by atoms with Crippen molar-refractivity contribution in [1.82, 2.24) is 10.3 Å². The van der Waals surface area contributed by atoms with E-state index in [1.54, 1.807) is 18.3 Å². The predicted molar refractivity (Wildman–Crippen MR) is 89.5 cm³/mol. The van der Waals surface area contributed by atoms with Gasteiger partial charge < -0.3 is 15.3 Å². The van der Waals surface area contributed by atoms with E-state index < -0.39 is 6.10 Å². The van der Waals surface area contributed by atoms with E-state index in [-0.39, 0.29) is 11.9 Å². The molecule has 0 bridgehead atoms. The van der Waals surface area contributed by atoms with E-state index in [2.05, 4.69) is 15.2 Å². The van der Waals surface area contributed by atoms with Gasteiger partial charge in [0.1, 0.15) is 5.82 Å². The number of aromatic nitrogens is 1. The number of hydrogen-bond donors (Lipinski definition) is 2. The van der Waals surface area contributed by atoms with Crippen LogP contribution in [-0.2, 0) is 0 Å². The summed E-state index contributed by atoms with van der Waals surface area (Å²) >= 11 is 0. The molecule has 1 aromatic carbocycles. The summed E-state index contributed by atoms with van der Waals surface area (Å²) in [6, 6.07) is 12.8. The lowest BCUT2D eigenvalue weighted by atomic mass is 10.0. The second-order valence-electron chi connectivity index (χ2n) is 5.89. The molecule has 0 aliphatic carbocycles. The topological polar surface area (TPSA) is 65.5 Å². The monoisotopic (exact) mass is 311 g/mol. The predicted octanol–water partition coefficient (Wildman–Crippen LogP) is 1.76. The van der Waals surface area contributed by atoms with Crippen LogP contribution in [-0.4, -0.2) is 41.2 Å². The Morgan fingerprint density at radius 2 is 2.04 bits per heavy atom. The van der Waals surface area contributed by atoms with Gasteiger partial charge >= 0.3 is 0 Å². The van der Waals surface area contributed by atoms with Crippen LogP contribution in [0.15, 0.2) is 48.7 Å². The average Bonchev–Trinajstić information content (AvgIpc) is 2.58. The minimum atomic E-state index is -0.613.